The van der Waals surface area contributed by atoms with E-state index in [2.05, 4.69) is 63.6 Å². The zero-order chi connectivity index (χ0) is 22.3. The molecule has 1 aromatic heterocycles. The van der Waals surface area contributed by atoms with Crippen LogP contribution in [-0.2, 0) is 4.79 Å². The molecule has 32 heavy (non-hydrogen) atoms. The van der Waals surface area contributed by atoms with Crippen molar-refractivity contribution < 1.29 is 4.79 Å². The number of carbonyl (C=O) groups excluding carboxylic acids is 1. The highest BCUT2D eigenvalue weighted by Gasteiger charge is 2.27. The van der Waals surface area contributed by atoms with Gasteiger partial charge in [-0.3, -0.25) is 4.79 Å². The van der Waals surface area contributed by atoms with Crippen LogP contribution in [0.5, 0.6) is 0 Å². The van der Waals surface area contributed by atoms with E-state index < -0.39 is 0 Å². The van der Waals surface area contributed by atoms with Crippen LogP contribution in [0, 0.1) is 12.8 Å². The minimum atomic E-state index is 0.0160. The molecule has 2 aromatic rings. The first-order chi connectivity index (χ1) is 15.6. The quantitative estimate of drug-likeness (QED) is 0.711. The Bertz CT molecular complexity index is 861. The molecule has 6 nitrogen and oxygen atoms in total. The van der Waals surface area contributed by atoms with Crippen molar-refractivity contribution in [2.75, 3.05) is 38.1 Å². The van der Waals surface area contributed by atoms with E-state index in [0.29, 0.717) is 12.6 Å². The summed E-state index contributed by atoms with van der Waals surface area (Å²) in [6, 6.07) is 13.1. The van der Waals surface area contributed by atoms with E-state index in [0.717, 1.165) is 49.6 Å². The summed E-state index contributed by atoms with van der Waals surface area (Å²) in [5.74, 6) is 1.05. The molecule has 0 radical (unpaired) electrons. The van der Waals surface area contributed by atoms with Crippen LogP contribution in [0.3, 0.4) is 0 Å². The van der Waals surface area contributed by atoms with Gasteiger partial charge in [-0.05, 0) is 51.8 Å². The van der Waals surface area contributed by atoms with E-state index in [1.54, 1.807) is 0 Å². The monoisotopic (exact) mass is 435 g/mol. The summed E-state index contributed by atoms with van der Waals surface area (Å²) in [4.78, 5) is 17.4. The minimum Gasteiger partial charge on any atom is -0.355 e. The van der Waals surface area contributed by atoms with E-state index in [9.17, 15) is 4.79 Å². The molecule has 1 aromatic carbocycles. The van der Waals surface area contributed by atoms with Gasteiger partial charge in [0.1, 0.15) is 0 Å². The van der Waals surface area contributed by atoms with Gasteiger partial charge in [0, 0.05) is 37.8 Å². The van der Waals surface area contributed by atoms with Gasteiger partial charge in [0.25, 0.3) is 0 Å². The van der Waals surface area contributed by atoms with Crippen molar-refractivity contribution in [1.82, 2.24) is 20.4 Å². The number of aromatic nitrogens is 2. The first-order valence-electron chi connectivity index (χ1n) is 12.2. The van der Waals surface area contributed by atoms with Crippen LogP contribution >= 0.6 is 0 Å². The largest absolute Gasteiger partial charge is 0.355 e. The molecule has 2 aliphatic rings. The van der Waals surface area contributed by atoms with Crippen molar-refractivity contribution in [3.05, 3.63) is 42.0 Å². The molecule has 6 heteroatoms. The molecule has 2 fully saturated rings. The van der Waals surface area contributed by atoms with Crippen LogP contribution in [-0.4, -0.2) is 60.3 Å². The second-order valence-corrected chi connectivity index (χ2v) is 9.49. The Morgan fingerprint density at radius 1 is 1.03 bits per heavy atom. The molecule has 0 spiro atoms. The third-order valence-corrected chi connectivity index (χ3v) is 7.08. The Labute approximate surface area is 192 Å². The maximum absolute atomic E-state index is 12.8. The predicted octanol–water partition coefficient (Wildman–Crippen LogP) is 4.05. The number of benzene rings is 1. The molecule has 1 aliphatic carbocycles. The molecule has 4 rings (SSSR count). The maximum Gasteiger partial charge on any atom is 0.224 e. The highest BCUT2D eigenvalue weighted by molar-refractivity contribution is 5.79. The highest BCUT2D eigenvalue weighted by Crippen LogP contribution is 2.24. The maximum atomic E-state index is 12.8. The summed E-state index contributed by atoms with van der Waals surface area (Å²) >= 11 is 0. The fourth-order valence-corrected chi connectivity index (χ4v) is 4.98. The van der Waals surface area contributed by atoms with Crippen molar-refractivity contribution >= 4 is 11.7 Å². The van der Waals surface area contributed by atoms with Gasteiger partial charge in [0.05, 0.1) is 11.6 Å². The Morgan fingerprint density at radius 3 is 2.53 bits per heavy atom. The van der Waals surface area contributed by atoms with Gasteiger partial charge in [0.15, 0.2) is 5.82 Å². The average molecular weight is 436 g/mol. The number of nitrogens with one attached hydrogen (secondary N) is 1. The third kappa shape index (κ3) is 5.85. The topological polar surface area (TPSA) is 61.4 Å². The normalized spacial score (nSPS) is 19.8. The SMILES string of the molecule is Cc1ccc(-c2ccc(N3CCC[C@H](C(=O)NCCN(C)C4CCCCC4)C3)nn2)cc1. The molecule has 1 saturated carbocycles. The van der Waals surface area contributed by atoms with Gasteiger partial charge in [0.2, 0.25) is 5.91 Å². The molecule has 0 unspecified atom stereocenters. The van der Waals surface area contributed by atoms with Gasteiger partial charge in [-0.15, -0.1) is 10.2 Å². The first kappa shape index (κ1) is 22.7. The molecule has 2 heterocycles. The number of carbonyl (C=O) groups is 1. The van der Waals surface area contributed by atoms with Gasteiger partial charge < -0.3 is 15.1 Å². The Kier molecular flexibility index (Phi) is 7.74. The fourth-order valence-electron chi connectivity index (χ4n) is 4.98. The summed E-state index contributed by atoms with van der Waals surface area (Å²) in [5, 5.41) is 12.1. The summed E-state index contributed by atoms with van der Waals surface area (Å²) in [5.41, 5.74) is 3.18. The Hall–Kier alpha value is -2.47. The van der Waals surface area contributed by atoms with Crippen LogP contribution in [0.25, 0.3) is 11.3 Å². The lowest BCUT2D eigenvalue weighted by Gasteiger charge is -2.33. The molecule has 1 amide bonds. The highest BCUT2D eigenvalue weighted by atomic mass is 16.1. The van der Waals surface area contributed by atoms with E-state index in [1.807, 2.05) is 12.1 Å². The molecule has 1 atom stereocenters. The number of likely N-dealkylation sites (N-methyl/N-ethyl adjacent to an activating group) is 1. The number of nitrogens with zero attached hydrogens (tertiary/aromatic N) is 4. The van der Waals surface area contributed by atoms with E-state index >= 15 is 0 Å². The van der Waals surface area contributed by atoms with E-state index in [-0.39, 0.29) is 11.8 Å². The second kappa shape index (κ2) is 10.9. The molecule has 172 valence electrons. The molecule has 1 aliphatic heterocycles. The fraction of sp³-hybridized carbons (Fsp3) is 0.577. The molecule has 0 bridgehead atoms. The zero-order valence-electron chi connectivity index (χ0n) is 19.6. The number of anilines is 1. The second-order valence-electron chi connectivity index (χ2n) is 9.49. The first-order valence-corrected chi connectivity index (χ1v) is 12.2. The number of hydrogen-bond donors (Lipinski definition) is 1. The summed E-state index contributed by atoms with van der Waals surface area (Å²) in [6.45, 7) is 5.37. The van der Waals surface area contributed by atoms with Gasteiger partial charge in [-0.2, -0.15) is 0 Å². The lowest BCUT2D eigenvalue weighted by atomic mass is 9.94. The molecule has 1 N–H and O–H groups in total. The Morgan fingerprint density at radius 2 is 1.81 bits per heavy atom. The lowest BCUT2D eigenvalue weighted by molar-refractivity contribution is -0.125. The van der Waals surface area contributed by atoms with Crippen molar-refractivity contribution in [3.63, 3.8) is 0 Å². The number of piperidine rings is 1. The van der Waals surface area contributed by atoms with Crippen LogP contribution in [0.1, 0.15) is 50.5 Å². The van der Waals surface area contributed by atoms with E-state index in [4.69, 9.17) is 0 Å². The number of aryl methyl sites for hydroxylation is 1. The van der Waals surface area contributed by atoms with Crippen LogP contribution in [0.15, 0.2) is 36.4 Å². The van der Waals surface area contributed by atoms with Crippen molar-refractivity contribution in [3.8, 4) is 11.3 Å². The third-order valence-electron chi connectivity index (χ3n) is 7.08. The standard InChI is InChI=1S/C26H37N5O/c1-20-10-12-21(13-11-20)24-14-15-25(29-28-24)31-17-6-7-22(19-31)26(32)27-16-18-30(2)23-8-4-3-5-9-23/h10-15,22-23H,3-9,16-19H2,1-2H3,(H,27,32)/t22-/m0/s1. The molecular formula is C26H37N5O. The zero-order valence-corrected chi connectivity index (χ0v) is 19.6. The van der Waals surface area contributed by atoms with Crippen molar-refractivity contribution in [2.24, 2.45) is 5.92 Å². The molecular weight excluding hydrogens is 398 g/mol. The predicted molar refractivity (Wildman–Crippen MR) is 130 cm³/mol. The summed E-state index contributed by atoms with van der Waals surface area (Å²) in [6.07, 6.45) is 8.59. The summed E-state index contributed by atoms with van der Waals surface area (Å²) < 4.78 is 0. The van der Waals surface area contributed by atoms with Gasteiger partial charge in [-0.1, -0.05) is 49.1 Å². The minimum absolute atomic E-state index is 0.0160. The number of amides is 1. The van der Waals surface area contributed by atoms with Gasteiger partial charge >= 0.3 is 0 Å². The smallest absolute Gasteiger partial charge is 0.224 e. The average Bonchev–Trinajstić information content (AvgIpc) is 2.85. The van der Waals surface area contributed by atoms with Crippen LogP contribution in [0.2, 0.25) is 0 Å². The Balaban J connectivity index is 1.27. The van der Waals surface area contributed by atoms with Crippen molar-refractivity contribution in [1.29, 1.82) is 0 Å². The van der Waals surface area contributed by atoms with E-state index in [1.165, 1.54) is 37.7 Å². The number of rotatable bonds is 7. The molecule has 1 saturated heterocycles. The number of hydrogen-bond acceptors (Lipinski definition) is 5. The van der Waals surface area contributed by atoms with Crippen molar-refractivity contribution in [2.45, 2.75) is 57.9 Å². The lowest BCUT2D eigenvalue weighted by Crippen LogP contribution is -2.45. The summed E-state index contributed by atoms with van der Waals surface area (Å²) in [7, 11) is 2.20. The van der Waals surface area contributed by atoms with Gasteiger partial charge in [-0.25, -0.2) is 0 Å². The van der Waals surface area contributed by atoms with Crippen LogP contribution < -0.4 is 10.2 Å². The van der Waals surface area contributed by atoms with Crippen LogP contribution in [0.4, 0.5) is 5.82 Å².